The second kappa shape index (κ2) is 8.47. The predicted octanol–water partition coefficient (Wildman–Crippen LogP) is 2.06. The number of piperazine rings is 1. The van der Waals surface area contributed by atoms with E-state index >= 15 is 0 Å². The lowest BCUT2D eigenvalue weighted by atomic mass is 10.1. The van der Waals surface area contributed by atoms with E-state index in [4.69, 9.17) is 0 Å². The van der Waals surface area contributed by atoms with Crippen LogP contribution < -0.4 is 0 Å². The number of amides is 2. The predicted molar refractivity (Wildman–Crippen MR) is 93.1 cm³/mol. The summed E-state index contributed by atoms with van der Waals surface area (Å²) in [5.41, 5.74) is 0. The fourth-order valence-corrected chi connectivity index (χ4v) is 2.98. The maximum absolute atomic E-state index is 12.5. The summed E-state index contributed by atoms with van der Waals surface area (Å²) < 4.78 is 1.91. The van der Waals surface area contributed by atoms with Crippen LogP contribution in [0.4, 0.5) is 0 Å². The molecule has 6 heteroatoms. The molecule has 130 valence electrons. The van der Waals surface area contributed by atoms with E-state index in [0.717, 1.165) is 5.82 Å². The van der Waals surface area contributed by atoms with Crippen LogP contribution >= 0.6 is 0 Å². The molecule has 2 heterocycles. The molecule has 0 spiro atoms. The third-order valence-corrected chi connectivity index (χ3v) is 4.33. The van der Waals surface area contributed by atoms with Gasteiger partial charge in [-0.05, 0) is 12.8 Å². The van der Waals surface area contributed by atoms with Crippen molar-refractivity contribution in [3.05, 3.63) is 43.5 Å². The Kier molecular flexibility index (Phi) is 6.35. The Hall–Kier alpha value is -2.37. The molecule has 0 saturated carbocycles. The quantitative estimate of drug-likeness (QED) is 0.719. The van der Waals surface area contributed by atoms with Crippen LogP contribution in [0.25, 0.3) is 0 Å². The topological polar surface area (TPSA) is 58.4 Å². The van der Waals surface area contributed by atoms with Crippen LogP contribution in [0.3, 0.4) is 0 Å². The molecule has 1 saturated heterocycles. The highest BCUT2D eigenvalue weighted by molar-refractivity contribution is 5.79. The minimum atomic E-state index is -0.205. The number of rotatable bonds is 7. The van der Waals surface area contributed by atoms with E-state index in [2.05, 4.69) is 18.1 Å². The molecule has 1 fully saturated rings. The van der Waals surface area contributed by atoms with E-state index < -0.39 is 0 Å². The van der Waals surface area contributed by atoms with Gasteiger partial charge in [-0.15, -0.1) is 13.2 Å². The summed E-state index contributed by atoms with van der Waals surface area (Å²) in [6, 6.07) is -0.205. The van der Waals surface area contributed by atoms with Gasteiger partial charge in [-0.2, -0.15) is 0 Å². The van der Waals surface area contributed by atoms with E-state index in [1.807, 2.05) is 27.6 Å². The van der Waals surface area contributed by atoms with Crippen molar-refractivity contribution in [1.82, 2.24) is 19.4 Å². The molecule has 1 aliphatic heterocycles. The average Bonchev–Trinajstić information content (AvgIpc) is 3.02. The molecule has 0 radical (unpaired) electrons. The number of hydrogen-bond donors (Lipinski definition) is 0. The van der Waals surface area contributed by atoms with E-state index in [1.165, 1.54) is 0 Å². The molecule has 24 heavy (non-hydrogen) atoms. The first kappa shape index (κ1) is 18.0. The van der Waals surface area contributed by atoms with Gasteiger partial charge in [0.1, 0.15) is 11.9 Å². The number of aryl methyl sites for hydroxylation is 1. The normalized spacial score (nSPS) is 17.6. The van der Waals surface area contributed by atoms with Gasteiger partial charge in [0, 0.05) is 51.9 Å². The van der Waals surface area contributed by atoms with E-state index in [9.17, 15) is 9.59 Å². The number of aromatic nitrogens is 2. The van der Waals surface area contributed by atoms with Gasteiger partial charge >= 0.3 is 0 Å². The molecule has 1 aliphatic rings. The molecule has 0 unspecified atom stereocenters. The summed E-state index contributed by atoms with van der Waals surface area (Å²) in [6.07, 6.45) is 9.32. The molecular weight excluding hydrogens is 304 g/mol. The number of hydrogen-bond acceptors (Lipinski definition) is 3. The number of imidazole rings is 1. The van der Waals surface area contributed by atoms with Gasteiger partial charge in [-0.1, -0.05) is 12.2 Å². The number of carbonyl (C=O) groups is 2. The van der Waals surface area contributed by atoms with Gasteiger partial charge in [0.2, 0.25) is 11.8 Å². The Morgan fingerprint density at radius 3 is 2.46 bits per heavy atom. The molecule has 2 amide bonds. The fourth-order valence-electron chi connectivity index (χ4n) is 2.98. The summed E-state index contributed by atoms with van der Waals surface area (Å²) in [5.74, 6) is 0.997. The molecule has 0 bridgehead atoms. The first-order valence-electron chi connectivity index (χ1n) is 8.34. The minimum Gasteiger partial charge on any atom is -0.338 e. The van der Waals surface area contributed by atoms with Gasteiger partial charge in [0.15, 0.2) is 0 Å². The van der Waals surface area contributed by atoms with Crippen molar-refractivity contribution in [2.24, 2.45) is 7.05 Å². The zero-order valence-electron chi connectivity index (χ0n) is 14.4. The van der Waals surface area contributed by atoms with Crippen molar-refractivity contribution in [2.75, 3.05) is 19.6 Å². The van der Waals surface area contributed by atoms with Crippen molar-refractivity contribution in [1.29, 1.82) is 0 Å². The second-order valence-corrected chi connectivity index (χ2v) is 5.99. The largest absolute Gasteiger partial charge is 0.338 e. The third-order valence-electron chi connectivity index (χ3n) is 4.33. The standard InChI is InChI=1S/C18H26N4O2/c1-4-6-8-16(23)21-12-13-22(17(24)9-7-5-2)15(14-21)18-19-10-11-20(18)3/h4-5,10-11,15H,1-2,6-9,12-14H2,3H3/t15-/m0/s1. The van der Waals surface area contributed by atoms with Crippen molar-refractivity contribution in [3.8, 4) is 0 Å². The van der Waals surface area contributed by atoms with E-state index in [0.29, 0.717) is 45.3 Å². The monoisotopic (exact) mass is 330 g/mol. The molecule has 1 atom stereocenters. The molecule has 0 aromatic carbocycles. The smallest absolute Gasteiger partial charge is 0.223 e. The van der Waals surface area contributed by atoms with Crippen molar-refractivity contribution in [3.63, 3.8) is 0 Å². The first-order chi connectivity index (χ1) is 11.6. The summed E-state index contributed by atoms with van der Waals surface area (Å²) in [4.78, 5) is 33.0. The first-order valence-corrected chi connectivity index (χ1v) is 8.34. The number of nitrogens with zero attached hydrogens (tertiary/aromatic N) is 4. The average molecular weight is 330 g/mol. The van der Waals surface area contributed by atoms with Crippen LogP contribution in [0, 0.1) is 0 Å². The van der Waals surface area contributed by atoms with Crippen LogP contribution in [0.1, 0.15) is 37.5 Å². The maximum atomic E-state index is 12.5. The van der Waals surface area contributed by atoms with E-state index in [1.54, 1.807) is 18.3 Å². The van der Waals surface area contributed by atoms with Gasteiger partial charge < -0.3 is 14.4 Å². The lowest BCUT2D eigenvalue weighted by Crippen LogP contribution is -2.52. The summed E-state index contributed by atoms with van der Waals surface area (Å²) >= 11 is 0. The van der Waals surface area contributed by atoms with Crippen molar-refractivity contribution >= 4 is 11.8 Å². The third kappa shape index (κ3) is 4.13. The van der Waals surface area contributed by atoms with Gasteiger partial charge in [0.25, 0.3) is 0 Å². The lowest BCUT2D eigenvalue weighted by Gasteiger charge is -2.41. The van der Waals surface area contributed by atoms with Crippen LogP contribution in [-0.4, -0.2) is 50.8 Å². The zero-order valence-corrected chi connectivity index (χ0v) is 14.4. The summed E-state index contributed by atoms with van der Waals surface area (Å²) in [7, 11) is 1.91. The molecular formula is C18H26N4O2. The molecule has 1 aromatic heterocycles. The molecule has 6 nitrogen and oxygen atoms in total. The Bertz CT molecular complexity index is 608. The highest BCUT2D eigenvalue weighted by atomic mass is 16.2. The molecule has 0 N–H and O–H groups in total. The Labute approximate surface area is 143 Å². The molecule has 0 aliphatic carbocycles. The van der Waals surface area contributed by atoms with Gasteiger partial charge in [0.05, 0.1) is 0 Å². The van der Waals surface area contributed by atoms with Crippen LogP contribution in [0.2, 0.25) is 0 Å². The molecule has 1 aromatic rings. The maximum Gasteiger partial charge on any atom is 0.223 e. The number of carbonyl (C=O) groups excluding carboxylic acids is 2. The second-order valence-electron chi connectivity index (χ2n) is 5.99. The lowest BCUT2D eigenvalue weighted by molar-refractivity contribution is -0.143. The van der Waals surface area contributed by atoms with Gasteiger partial charge in [-0.3, -0.25) is 9.59 Å². The highest BCUT2D eigenvalue weighted by Crippen LogP contribution is 2.25. The van der Waals surface area contributed by atoms with Crippen LogP contribution in [-0.2, 0) is 16.6 Å². The minimum absolute atomic E-state index is 0.0843. The van der Waals surface area contributed by atoms with Crippen molar-refractivity contribution in [2.45, 2.75) is 31.7 Å². The van der Waals surface area contributed by atoms with Crippen molar-refractivity contribution < 1.29 is 9.59 Å². The van der Waals surface area contributed by atoms with Crippen LogP contribution in [0.15, 0.2) is 37.7 Å². The molecule has 2 rings (SSSR count). The SMILES string of the molecule is C=CCCC(=O)N1CCN(C(=O)CCC=C)[C@H](c2nccn2C)C1. The summed E-state index contributed by atoms with van der Waals surface area (Å²) in [6.45, 7) is 8.93. The zero-order chi connectivity index (χ0) is 17.5. The number of allylic oxidation sites excluding steroid dienone is 2. The van der Waals surface area contributed by atoms with Crippen LogP contribution in [0.5, 0.6) is 0 Å². The summed E-state index contributed by atoms with van der Waals surface area (Å²) in [5, 5.41) is 0. The van der Waals surface area contributed by atoms with Gasteiger partial charge in [-0.25, -0.2) is 4.98 Å². The Balaban J connectivity index is 2.16. The Morgan fingerprint density at radius 1 is 1.21 bits per heavy atom. The van der Waals surface area contributed by atoms with E-state index in [-0.39, 0.29) is 17.9 Å². The fraction of sp³-hybridized carbons (Fsp3) is 0.500. The highest BCUT2D eigenvalue weighted by Gasteiger charge is 2.34. The Morgan fingerprint density at radius 2 is 1.88 bits per heavy atom.